The first-order chi connectivity index (χ1) is 9.66. The van der Waals surface area contributed by atoms with Crippen LogP contribution in [-0.2, 0) is 15.8 Å². The lowest BCUT2D eigenvalue weighted by atomic mass is 10.0. The van der Waals surface area contributed by atoms with Gasteiger partial charge in [0, 0.05) is 0 Å². The Balaban J connectivity index is 2.97. The molecule has 0 saturated heterocycles. The van der Waals surface area contributed by atoms with E-state index in [9.17, 15) is 18.0 Å². The summed E-state index contributed by atoms with van der Waals surface area (Å²) in [5, 5.41) is 2.71. The molecule has 0 aromatic heterocycles. The molecule has 0 aliphatic heterocycles. The first kappa shape index (κ1) is 17.6. The van der Waals surface area contributed by atoms with Crippen LogP contribution in [0.3, 0.4) is 0 Å². The monoisotopic (exact) mass is 324 g/mol. The number of nitrogens with one attached hydrogen (secondary N) is 2. The maximum absolute atomic E-state index is 12.6. The standard InChI is InChI=1S/C13H16ClF3N2O2/c1-7(2)11(12(20)19-21-3)18-10-5-4-8(6-9(10)14)13(15,16)17/h4-7,11,18H,1-3H3,(H,19,20)/t11-/m1/s1. The number of carbonyl (C=O) groups is 1. The van der Waals surface area contributed by atoms with Crippen molar-refractivity contribution < 1.29 is 22.8 Å². The van der Waals surface area contributed by atoms with Gasteiger partial charge in [0.1, 0.15) is 6.04 Å². The van der Waals surface area contributed by atoms with Crippen molar-refractivity contribution in [1.82, 2.24) is 5.48 Å². The summed E-state index contributed by atoms with van der Waals surface area (Å²) in [5.41, 5.74) is 1.58. The number of halogens is 4. The van der Waals surface area contributed by atoms with E-state index in [1.165, 1.54) is 13.2 Å². The van der Waals surface area contributed by atoms with E-state index in [0.29, 0.717) is 0 Å². The highest BCUT2D eigenvalue weighted by Crippen LogP contribution is 2.34. The molecule has 0 bridgehead atoms. The van der Waals surface area contributed by atoms with Gasteiger partial charge in [-0.3, -0.25) is 9.63 Å². The third kappa shape index (κ3) is 4.78. The van der Waals surface area contributed by atoms with Gasteiger partial charge in [-0.25, -0.2) is 5.48 Å². The SMILES string of the molecule is CONC(=O)[C@H](Nc1ccc(C(F)(F)F)cc1Cl)C(C)C. The van der Waals surface area contributed by atoms with E-state index in [-0.39, 0.29) is 16.6 Å². The van der Waals surface area contributed by atoms with Gasteiger partial charge >= 0.3 is 6.18 Å². The number of amides is 1. The fourth-order valence-electron chi connectivity index (χ4n) is 1.68. The summed E-state index contributed by atoms with van der Waals surface area (Å²) < 4.78 is 37.7. The molecule has 0 fully saturated rings. The Bertz CT molecular complexity index is 507. The average molecular weight is 325 g/mol. The molecular weight excluding hydrogens is 309 g/mol. The lowest BCUT2D eigenvalue weighted by molar-refractivity contribution is -0.137. The van der Waals surface area contributed by atoms with E-state index in [2.05, 4.69) is 15.6 Å². The van der Waals surface area contributed by atoms with Crippen molar-refractivity contribution >= 4 is 23.2 Å². The Kier molecular flexibility index (Phi) is 5.86. The first-order valence-corrected chi connectivity index (χ1v) is 6.50. The molecule has 0 heterocycles. The molecule has 0 unspecified atom stereocenters. The Morgan fingerprint density at radius 2 is 1.95 bits per heavy atom. The zero-order valence-electron chi connectivity index (χ0n) is 11.7. The van der Waals surface area contributed by atoms with E-state index in [1.807, 2.05) is 0 Å². The lowest BCUT2D eigenvalue weighted by Crippen LogP contribution is -2.42. The molecule has 2 N–H and O–H groups in total. The van der Waals surface area contributed by atoms with Gasteiger partial charge < -0.3 is 5.32 Å². The van der Waals surface area contributed by atoms with Crippen molar-refractivity contribution in [2.75, 3.05) is 12.4 Å². The number of hydrogen-bond donors (Lipinski definition) is 2. The highest BCUT2D eigenvalue weighted by molar-refractivity contribution is 6.33. The zero-order chi connectivity index (χ0) is 16.2. The van der Waals surface area contributed by atoms with Crippen molar-refractivity contribution in [2.24, 2.45) is 5.92 Å². The van der Waals surface area contributed by atoms with Crippen LogP contribution in [0.1, 0.15) is 19.4 Å². The van der Waals surface area contributed by atoms with Crippen LogP contribution in [-0.4, -0.2) is 19.1 Å². The molecule has 0 spiro atoms. The van der Waals surface area contributed by atoms with Gasteiger partial charge in [-0.2, -0.15) is 13.2 Å². The average Bonchev–Trinajstić information content (AvgIpc) is 2.35. The molecular formula is C13H16ClF3N2O2. The normalized spacial score (nSPS) is 13.1. The van der Waals surface area contributed by atoms with E-state index >= 15 is 0 Å². The minimum absolute atomic E-state index is 0.110. The third-order valence-corrected chi connectivity index (χ3v) is 3.07. The van der Waals surface area contributed by atoms with Gasteiger partial charge in [-0.15, -0.1) is 0 Å². The smallest absolute Gasteiger partial charge is 0.372 e. The summed E-state index contributed by atoms with van der Waals surface area (Å²) in [4.78, 5) is 16.4. The first-order valence-electron chi connectivity index (χ1n) is 6.13. The van der Waals surface area contributed by atoms with Gasteiger partial charge in [0.2, 0.25) is 0 Å². The highest BCUT2D eigenvalue weighted by atomic mass is 35.5. The summed E-state index contributed by atoms with van der Waals surface area (Å²) in [7, 11) is 1.29. The van der Waals surface area contributed by atoms with Gasteiger partial charge in [0.25, 0.3) is 5.91 Å². The van der Waals surface area contributed by atoms with Crippen LogP contribution in [0, 0.1) is 5.92 Å². The predicted molar refractivity (Wildman–Crippen MR) is 73.9 cm³/mol. The highest BCUT2D eigenvalue weighted by Gasteiger charge is 2.31. The molecule has 1 rings (SSSR count). The molecule has 118 valence electrons. The van der Waals surface area contributed by atoms with E-state index in [1.54, 1.807) is 13.8 Å². The Hall–Kier alpha value is -1.47. The van der Waals surface area contributed by atoms with Gasteiger partial charge in [0.15, 0.2) is 0 Å². The van der Waals surface area contributed by atoms with Crippen LogP contribution in [0.2, 0.25) is 5.02 Å². The van der Waals surface area contributed by atoms with Crippen molar-refractivity contribution in [3.05, 3.63) is 28.8 Å². The molecule has 0 aliphatic carbocycles. The van der Waals surface area contributed by atoms with Gasteiger partial charge in [-0.05, 0) is 24.1 Å². The molecule has 0 saturated carbocycles. The van der Waals surface area contributed by atoms with Crippen molar-refractivity contribution in [1.29, 1.82) is 0 Å². The minimum atomic E-state index is -4.47. The molecule has 8 heteroatoms. The van der Waals surface area contributed by atoms with Crippen LogP contribution < -0.4 is 10.8 Å². The summed E-state index contributed by atoms with van der Waals surface area (Å²) in [6, 6.07) is 2.22. The molecule has 21 heavy (non-hydrogen) atoms. The van der Waals surface area contributed by atoms with Crippen LogP contribution in [0.15, 0.2) is 18.2 Å². The number of rotatable bonds is 5. The number of carbonyl (C=O) groups excluding carboxylic acids is 1. The summed E-state index contributed by atoms with van der Waals surface area (Å²) in [6.07, 6.45) is -4.47. The van der Waals surface area contributed by atoms with Gasteiger partial charge in [0.05, 0.1) is 23.4 Å². The summed E-state index contributed by atoms with van der Waals surface area (Å²) >= 11 is 5.84. The maximum atomic E-state index is 12.6. The fourth-order valence-corrected chi connectivity index (χ4v) is 1.91. The zero-order valence-corrected chi connectivity index (χ0v) is 12.5. The Morgan fingerprint density at radius 3 is 2.38 bits per heavy atom. The molecule has 1 aromatic carbocycles. The van der Waals surface area contributed by atoms with Gasteiger partial charge in [-0.1, -0.05) is 25.4 Å². The van der Waals surface area contributed by atoms with Crippen LogP contribution in [0.25, 0.3) is 0 Å². The van der Waals surface area contributed by atoms with Crippen LogP contribution in [0.5, 0.6) is 0 Å². The number of benzene rings is 1. The van der Waals surface area contributed by atoms with E-state index in [0.717, 1.165) is 12.1 Å². The maximum Gasteiger partial charge on any atom is 0.416 e. The topological polar surface area (TPSA) is 50.4 Å². The predicted octanol–water partition coefficient (Wildman–Crippen LogP) is 3.47. The number of hydroxylamine groups is 1. The Labute approximate surface area is 125 Å². The quantitative estimate of drug-likeness (QED) is 0.815. The second kappa shape index (κ2) is 7.00. The van der Waals surface area contributed by atoms with E-state index < -0.39 is 23.7 Å². The molecule has 0 radical (unpaired) electrons. The van der Waals surface area contributed by atoms with Crippen LogP contribution >= 0.6 is 11.6 Å². The number of anilines is 1. The van der Waals surface area contributed by atoms with Crippen LogP contribution in [0.4, 0.5) is 18.9 Å². The second-order valence-corrected chi connectivity index (χ2v) is 5.14. The largest absolute Gasteiger partial charge is 0.416 e. The van der Waals surface area contributed by atoms with E-state index in [4.69, 9.17) is 11.6 Å². The summed E-state index contributed by atoms with van der Waals surface area (Å²) in [6.45, 7) is 3.57. The van der Waals surface area contributed by atoms with Crippen molar-refractivity contribution in [3.63, 3.8) is 0 Å². The van der Waals surface area contributed by atoms with Crippen molar-refractivity contribution in [2.45, 2.75) is 26.1 Å². The second-order valence-electron chi connectivity index (χ2n) is 4.73. The molecule has 1 amide bonds. The molecule has 1 aromatic rings. The molecule has 1 atom stereocenters. The fraction of sp³-hybridized carbons (Fsp3) is 0.462. The molecule has 4 nitrogen and oxygen atoms in total. The number of alkyl halides is 3. The summed E-state index contributed by atoms with van der Waals surface area (Å²) in [5.74, 6) is -0.568. The van der Waals surface area contributed by atoms with Crippen molar-refractivity contribution in [3.8, 4) is 0 Å². The molecule has 0 aliphatic rings. The minimum Gasteiger partial charge on any atom is -0.372 e. The Morgan fingerprint density at radius 1 is 1.33 bits per heavy atom. The number of hydrogen-bond acceptors (Lipinski definition) is 3. The third-order valence-electron chi connectivity index (χ3n) is 2.76. The lowest BCUT2D eigenvalue weighted by Gasteiger charge is -2.23.